The van der Waals surface area contributed by atoms with Gasteiger partial charge in [0.2, 0.25) is 0 Å². The minimum absolute atomic E-state index is 0.0639. The van der Waals surface area contributed by atoms with Crippen molar-refractivity contribution in [3.63, 3.8) is 0 Å². The van der Waals surface area contributed by atoms with Crippen LogP contribution in [0.4, 0.5) is 8.78 Å². The van der Waals surface area contributed by atoms with Crippen molar-refractivity contribution in [2.24, 2.45) is 0 Å². The molecule has 0 N–H and O–H groups in total. The topological polar surface area (TPSA) is 12.9 Å². The van der Waals surface area contributed by atoms with Crippen LogP contribution in [-0.4, -0.2) is 4.98 Å². The lowest BCUT2D eigenvalue weighted by Gasteiger charge is -2.10. The van der Waals surface area contributed by atoms with Gasteiger partial charge in [-0.05, 0) is 24.0 Å². The third-order valence-electron chi connectivity index (χ3n) is 2.70. The van der Waals surface area contributed by atoms with Crippen LogP contribution in [0.3, 0.4) is 0 Å². The van der Waals surface area contributed by atoms with Crippen molar-refractivity contribution in [3.8, 4) is 0 Å². The fourth-order valence-electron chi connectivity index (χ4n) is 1.79. The Bertz CT molecular complexity index is 358. The van der Waals surface area contributed by atoms with E-state index < -0.39 is 5.92 Å². The summed E-state index contributed by atoms with van der Waals surface area (Å²) in [4.78, 5) is 4.07. The summed E-state index contributed by atoms with van der Waals surface area (Å²) in [6.45, 7) is 4.03. The molecule has 0 aromatic carbocycles. The molecule has 0 aliphatic heterocycles. The van der Waals surface area contributed by atoms with E-state index in [1.807, 2.05) is 19.9 Å². The molecule has 0 atom stereocenters. The van der Waals surface area contributed by atoms with Crippen molar-refractivity contribution in [1.82, 2.24) is 4.98 Å². The second kappa shape index (κ2) is 3.01. The van der Waals surface area contributed by atoms with Crippen molar-refractivity contribution in [2.45, 2.75) is 38.5 Å². The summed E-state index contributed by atoms with van der Waals surface area (Å²) in [7, 11) is 0. The number of aromatic nitrogens is 1. The highest BCUT2D eigenvalue weighted by Crippen LogP contribution is 2.41. The Kier molecular flexibility index (Phi) is 2.05. The molecule has 1 aromatic rings. The largest absolute Gasteiger partial charge is 0.275 e. The Balaban J connectivity index is 2.44. The van der Waals surface area contributed by atoms with Crippen LogP contribution in [0.1, 0.15) is 43.0 Å². The molecule has 0 amide bonds. The molecule has 3 heteroatoms. The van der Waals surface area contributed by atoms with E-state index >= 15 is 0 Å². The number of alkyl halides is 2. The third-order valence-corrected chi connectivity index (χ3v) is 2.70. The molecule has 1 aliphatic carbocycles. The summed E-state index contributed by atoms with van der Waals surface area (Å²) >= 11 is 0. The molecule has 2 rings (SSSR count). The monoisotopic (exact) mass is 197 g/mol. The number of hydrogen-bond donors (Lipinski definition) is 0. The maximum absolute atomic E-state index is 13.2. The Morgan fingerprint density at radius 1 is 1.43 bits per heavy atom. The normalized spacial score (nSPS) is 18.6. The fourth-order valence-corrected chi connectivity index (χ4v) is 1.79. The molecule has 76 valence electrons. The molecule has 0 fully saturated rings. The zero-order chi connectivity index (χ0) is 10.3. The molecule has 0 spiro atoms. The van der Waals surface area contributed by atoms with Gasteiger partial charge in [0.25, 0.3) is 5.92 Å². The lowest BCUT2D eigenvalue weighted by molar-refractivity contribution is -0.00213. The average molecular weight is 197 g/mol. The van der Waals surface area contributed by atoms with Gasteiger partial charge in [-0.2, -0.15) is 0 Å². The molecule has 0 bridgehead atoms. The van der Waals surface area contributed by atoms with Crippen LogP contribution in [0.5, 0.6) is 0 Å². The predicted molar refractivity (Wildman–Crippen MR) is 50.5 cm³/mol. The zero-order valence-electron chi connectivity index (χ0n) is 8.35. The first-order valence-corrected chi connectivity index (χ1v) is 4.88. The highest BCUT2D eigenvalue weighted by atomic mass is 19.3. The van der Waals surface area contributed by atoms with Gasteiger partial charge >= 0.3 is 0 Å². The second-order valence-corrected chi connectivity index (χ2v) is 4.13. The number of hydrogen-bond acceptors (Lipinski definition) is 1. The van der Waals surface area contributed by atoms with Gasteiger partial charge in [0.05, 0.1) is 0 Å². The Morgan fingerprint density at radius 3 is 2.79 bits per heavy atom. The van der Waals surface area contributed by atoms with E-state index in [2.05, 4.69) is 4.98 Å². The smallest absolute Gasteiger partial charge is 0.261 e. The van der Waals surface area contributed by atoms with Crippen LogP contribution in [0, 0.1) is 0 Å². The van der Waals surface area contributed by atoms with Crippen molar-refractivity contribution >= 4 is 0 Å². The van der Waals surface area contributed by atoms with Crippen molar-refractivity contribution in [3.05, 3.63) is 29.1 Å². The molecule has 1 nitrogen and oxygen atoms in total. The zero-order valence-corrected chi connectivity index (χ0v) is 8.35. The standard InChI is InChI=1S/C11H13F2N/c1-7(2)10-5-8-3-4-11(12,13)9(8)6-14-10/h5-7H,3-4H2,1-2H3. The molecule has 0 radical (unpaired) electrons. The van der Waals surface area contributed by atoms with Crippen LogP contribution in [0.15, 0.2) is 12.3 Å². The quantitative estimate of drug-likeness (QED) is 0.673. The van der Waals surface area contributed by atoms with Crippen LogP contribution in [0.2, 0.25) is 0 Å². The molecule has 1 heterocycles. The molecule has 1 aliphatic rings. The van der Waals surface area contributed by atoms with Crippen LogP contribution in [0.25, 0.3) is 0 Å². The minimum atomic E-state index is -2.65. The Hall–Kier alpha value is -0.990. The lowest BCUT2D eigenvalue weighted by atomic mass is 10.1. The summed E-state index contributed by atoms with van der Waals surface area (Å²) in [5.41, 5.74) is 1.80. The highest BCUT2D eigenvalue weighted by molar-refractivity contribution is 5.35. The van der Waals surface area contributed by atoms with Crippen LogP contribution < -0.4 is 0 Å². The van der Waals surface area contributed by atoms with E-state index in [1.165, 1.54) is 6.20 Å². The molecule has 0 saturated carbocycles. The van der Waals surface area contributed by atoms with Gasteiger partial charge in [0.15, 0.2) is 0 Å². The highest BCUT2D eigenvalue weighted by Gasteiger charge is 2.39. The molecule has 0 unspecified atom stereocenters. The van der Waals surface area contributed by atoms with Gasteiger partial charge < -0.3 is 0 Å². The van der Waals surface area contributed by atoms with Gasteiger partial charge in [-0.3, -0.25) is 4.98 Å². The van der Waals surface area contributed by atoms with E-state index in [-0.39, 0.29) is 12.0 Å². The number of fused-ring (bicyclic) bond motifs is 1. The van der Waals surface area contributed by atoms with Gasteiger partial charge in [0.1, 0.15) is 0 Å². The summed E-state index contributed by atoms with van der Waals surface area (Å²) < 4.78 is 26.5. The summed E-state index contributed by atoms with van der Waals surface area (Å²) in [6.07, 6.45) is 1.76. The molecule has 1 aromatic heterocycles. The summed E-state index contributed by atoms with van der Waals surface area (Å²) in [6, 6.07) is 1.82. The summed E-state index contributed by atoms with van der Waals surface area (Å²) in [5.74, 6) is -2.35. The van der Waals surface area contributed by atoms with Crippen molar-refractivity contribution in [1.29, 1.82) is 0 Å². The van der Waals surface area contributed by atoms with Gasteiger partial charge in [-0.15, -0.1) is 0 Å². The van der Waals surface area contributed by atoms with Gasteiger partial charge in [-0.1, -0.05) is 13.8 Å². The van der Waals surface area contributed by atoms with E-state index in [0.717, 1.165) is 11.3 Å². The Morgan fingerprint density at radius 2 is 2.14 bits per heavy atom. The van der Waals surface area contributed by atoms with Gasteiger partial charge in [-0.25, -0.2) is 8.78 Å². The van der Waals surface area contributed by atoms with Crippen molar-refractivity contribution < 1.29 is 8.78 Å². The fraction of sp³-hybridized carbons (Fsp3) is 0.545. The SMILES string of the molecule is CC(C)c1cc2c(cn1)C(F)(F)CC2. The number of pyridine rings is 1. The first kappa shape index (κ1) is 9.56. The van der Waals surface area contributed by atoms with Crippen molar-refractivity contribution in [2.75, 3.05) is 0 Å². The lowest BCUT2D eigenvalue weighted by Crippen LogP contribution is -2.08. The number of halogens is 2. The third kappa shape index (κ3) is 1.41. The second-order valence-electron chi connectivity index (χ2n) is 4.13. The number of nitrogens with zero attached hydrogens (tertiary/aromatic N) is 1. The molecular formula is C11H13F2N. The van der Waals surface area contributed by atoms with E-state index in [0.29, 0.717) is 12.3 Å². The number of rotatable bonds is 1. The predicted octanol–water partition coefficient (Wildman–Crippen LogP) is 3.24. The van der Waals surface area contributed by atoms with Crippen LogP contribution >= 0.6 is 0 Å². The van der Waals surface area contributed by atoms with Crippen LogP contribution in [-0.2, 0) is 12.3 Å². The average Bonchev–Trinajstić information content (AvgIpc) is 2.42. The summed E-state index contributed by atoms with van der Waals surface area (Å²) in [5, 5.41) is 0. The number of aryl methyl sites for hydroxylation is 1. The minimum Gasteiger partial charge on any atom is -0.261 e. The van der Waals surface area contributed by atoms with E-state index in [4.69, 9.17) is 0 Å². The van der Waals surface area contributed by atoms with E-state index in [1.54, 1.807) is 0 Å². The first-order valence-electron chi connectivity index (χ1n) is 4.88. The Labute approximate surface area is 82.2 Å². The van der Waals surface area contributed by atoms with E-state index in [9.17, 15) is 8.78 Å². The maximum atomic E-state index is 13.2. The maximum Gasteiger partial charge on any atom is 0.275 e. The molecular weight excluding hydrogens is 184 g/mol. The van der Waals surface area contributed by atoms with Gasteiger partial charge in [0, 0.05) is 23.9 Å². The first-order chi connectivity index (χ1) is 6.50. The molecule has 0 saturated heterocycles. The molecule has 14 heavy (non-hydrogen) atoms.